The lowest BCUT2D eigenvalue weighted by molar-refractivity contribution is -0.385. The lowest BCUT2D eigenvalue weighted by Gasteiger charge is -2.35. The molecule has 0 radical (unpaired) electrons. The number of nitrogens with zero attached hydrogens (tertiary/aromatic N) is 4. The number of benzene rings is 2. The summed E-state index contributed by atoms with van der Waals surface area (Å²) in [4.78, 5) is 48.7. The van der Waals surface area contributed by atoms with Crippen LogP contribution in [-0.2, 0) is 22.4 Å². The number of non-ortho nitro benzene ring substituents is 2. The van der Waals surface area contributed by atoms with Crippen molar-refractivity contribution in [3.63, 3.8) is 0 Å². The number of nitro groups is 2. The Kier molecular flexibility index (Phi) is 6.35. The van der Waals surface area contributed by atoms with Crippen molar-refractivity contribution in [1.29, 1.82) is 0 Å². The Morgan fingerprint density at radius 2 is 0.967 bits per heavy atom. The normalized spacial score (nSPS) is 13.7. The molecule has 2 aromatic rings. The molecule has 3 rings (SSSR count). The Hall–Kier alpha value is -3.82. The minimum atomic E-state index is -0.488. The van der Waals surface area contributed by atoms with Crippen molar-refractivity contribution in [2.45, 2.75) is 12.8 Å². The molecule has 1 saturated heterocycles. The van der Waals surface area contributed by atoms with Crippen molar-refractivity contribution in [1.82, 2.24) is 9.80 Å². The second-order valence-electron chi connectivity index (χ2n) is 6.96. The summed E-state index contributed by atoms with van der Waals surface area (Å²) in [6.45, 7) is 1.66. The molecule has 30 heavy (non-hydrogen) atoms. The maximum Gasteiger partial charge on any atom is 0.269 e. The third-order valence-corrected chi connectivity index (χ3v) is 4.99. The van der Waals surface area contributed by atoms with Crippen LogP contribution in [0.1, 0.15) is 11.1 Å². The Bertz CT molecular complexity index is 871. The molecule has 0 N–H and O–H groups in total. The summed E-state index contributed by atoms with van der Waals surface area (Å²) in [5.74, 6) is -0.183. The van der Waals surface area contributed by atoms with Gasteiger partial charge in [-0.05, 0) is 11.1 Å². The summed E-state index contributed by atoms with van der Waals surface area (Å²) in [6.07, 6.45) is 0.295. The summed E-state index contributed by atoms with van der Waals surface area (Å²) >= 11 is 0. The zero-order chi connectivity index (χ0) is 21.7. The first-order valence-corrected chi connectivity index (χ1v) is 9.35. The first-order valence-electron chi connectivity index (χ1n) is 9.35. The van der Waals surface area contributed by atoms with Crippen molar-refractivity contribution in [2.75, 3.05) is 26.2 Å². The van der Waals surface area contributed by atoms with E-state index >= 15 is 0 Å². The van der Waals surface area contributed by atoms with Gasteiger partial charge in [-0.2, -0.15) is 0 Å². The van der Waals surface area contributed by atoms with Crippen LogP contribution in [0.2, 0.25) is 0 Å². The highest BCUT2D eigenvalue weighted by Gasteiger charge is 2.24. The molecular weight excluding hydrogens is 392 g/mol. The van der Waals surface area contributed by atoms with Gasteiger partial charge in [0.15, 0.2) is 0 Å². The Morgan fingerprint density at radius 3 is 1.23 bits per heavy atom. The minimum Gasteiger partial charge on any atom is -0.339 e. The smallest absolute Gasteiger partial charge is 0.269 e. The number of carbonyl (C=O) groups is 2. The van der Waals surface area contributed by atoms with E-state index in [0.29, 0.717) is 37.3 Å². The number of carbonyl (C=O) groups excluding carboxylic acids is 2. The van der Waals surface area contributed by atoms with Crippen molar-refractivity contribution in [2.24, 2.45) is 0 Å². The summed E-state index contributed by atoms with van der Waals surface area (Å²) in [7, 11) is 0. The van der Waals surface area contributed by atoms with Gasteiger partial charge in [-0.3, -0.25) is 29.8 Å². The second kappa shape index (κ2) is 9.12. The molecule has 10 heteroatoms. The topological polar surface area (TPSA) is 127 Å². The van der Waals surface area contributed by atoms with Crippen molar-refractivity contribution >= 4 is 23.2 Å². The molecule has 1 aliphatic rings. The number of nitro benzene ring substituents is 2. The maximum absolute atomic E-state index is 12.5. The predicted molar refractivity (Wildman–Crippen MR) is 107 cm³/mol. The van der Waals surface area contributed by atoms with Crippen LogP contribution in [-0.4, -0.2) is 57.6 Å². The number of rotatable bonds is 6. The van der Waals surface area contributed by atoms with Gasteiger partial charge in [0.25, 0.3) is 11.4 Å². The minimum absolute atomic E-state index is 0.0219. The Labute approximate surface area is 172 Å². The molecule has 156 valence electrons. The fourth-order valence-electron chi connectivity index (χ4n) is 3.25. The average molecular weight is 412 g/mol. The van der Waals surface area contributed by atoms with Gasteiger partial charge in [-0.25, -0.2) is 0 Å². The fourth-order valence-corrected chi connectivity index (χ4v) is 3.25. The maximum atomic E-state index is 12.5. The number of piperazine rings is 1. The van der Waals surface area contributed by atoms with Crippen LogP contribution in [0.4, 0.5) is 11.4 Å². The highest BCUT2D eigenvalue weighted by atomic mass is 16.6. The first-order chi connectivity index (χ1) is 14.3. The standard InChI is InChI=1S/C20H20N4O6/c25-19(13-15-1-5-17(6-2-15)23(27)28)21-9-11-22(12-10-21)20(26)14-16-3-7-18(8-4-16)24(29)30/h1-8H,9-14H2. The monoisotopic (exact) mass is 412 g/mol. The highest BCUT2D eigenvalue weighted by molar-refractivity contribution is 5.81. The first kappa shape index (κ1) is 20.9. The van der Waals surface area contributed by atoms with Crippen LogP contribution in [0, 0.1) is 20.2 Å². The van der Waals surface area contributed by atoms with E-state index in [0.717, 1.165) is 0 Å². The van der Waals surface area contributed by atoms with Gasteiger partial charge in [0, 0.05) is 50.4 Å². The average Bonchev–Trinajstić information content (AvgIpc) is 2.74. The molecule has 2 amide bonds. The number of amides is 2. The molecule has 1 aliphatic heterocycles. The second-order valence-corrected chi connectivity index (χ2v) is 6.96. The van der Waals surface area contributed by atoms with Gasteiger partial charge in [-0.1, -0.05) is 24.3 Å². The zero-order valence-corrected chi connectivity index (χ0v) is 16.1. The zero-order valence-electron chi connectivity index (χ0n) is 16.1. The largest absolute Gasteiger partial charge is 0.339 e. The number of hydrogen-bond acceptors (Lipinski definition) is 6. The Morgan fingerprint density at radius 1 is 0.667 bits per heavy atom. The summed E-state index contributed by atoms with van der Waals surface area (Å²) < 4.78 is 0. The number of hydrogen-bond donors (Lipinski definition) is 0. The van der Waals surface area contributed by atoms with Gasteiger partial charge in [0.05, 0.1) is 22.7 Å². The van der Waals surface area contributed by atoms with E-state index in [1.54, 1.807) is 34.1 Å². The summed E-state index contributed by atoms with van der Waals surface area (Å²) in [5.41, 5.74) is 1.35. The molecule has 0 aromatic heterocycles. The van der Waals surface area contributed by atoms with E-state index in [9.17, 15) is 29.8 Å². The van der Waals surface area contributed by atoms with E-state index in [1.165, 1.54) is 24.3 Å². The molecule has 2 aromatic carbocycles. The summed E-state index contributed by atoms with van der Waals surface area (Å²) in [5, 5.41) is 21.4. The van der Waals surface area contributed by atoms with Crippen LogP contribution >= 0.6 is 0 Å². The molecule has 10 nitrogen and oxygen atoms in total. The van der Waals surface area contributed by atoms with Crippen LogP contribution in [0.3, 0.4) is 0 Å². The quantitative estimate of drug-likeness (QED) is 0.527. The van der Waals surface area contributed by atoms with Gasteiger partial charge in [-0.15, -0.1) is 0 Å². The summed E-state index contributed by atoms with van der Waals surface area (Å²) in [6, 6.07) is 11.8. The molecule has 0 unspecified atom stereocenters. The molecule has 1 fully saturated rings. The third-order valence-electron chi connectivity index (χ3n) is 4.99. The predicted octanol–water partition coefficient (Wildman–Crippen LogP) is 1.96. The van der Waals surface area contributed by atoms with Gasteiger partial charge < -0.3 is 9.80 Å². The van der Waals surface area contributed by atoms with E-state index in [4.69, 9.17) is 0 Å². The van der Waals surface area contributed by atoms with Crippen LogP contribution < -0.4 is 0 Å². The highest BCUT2D eigenvalue weighted by Crippen LogP contribution is 2.15. The molecule has 0 bridgehead atoms. The van der Waals surface area contributed by atoms with Crippen molar-refractivity contribution < 1.29 is 19.4 Å². The molecule has 0 aliphatic carbocycles. The van der Waals surface area contributed by atoms with Crippen LogP contribution in [0.25, 0.3) is 0 Å². The lowest BCUT2D eigenvalue weighted by Crippen LogP contribution is -2.51. The lowest BCUT2D eigenvalue weighted by atomic mass is 10.1. The van der Waals surface area contributed by atoms with Gasteiger partial charge in [0.2, 0.25) is 11.8 Å². The molecule has 0 spiro atoms. The Balaban J connectivity index is 1.48. The fraction of sp³-hybridized carbons (Fsp3) is 0.300. The van der Waals surface area contributed by atoms with E-state index < -0.39 is 9.85 Å². The van der Waals surface area contributed by atoms with Crippen LogP contribution in [0.15, 0.2) is 48.5 Å². The molecule has 1 heterocycles. The molecule has 0 atom stereocenters. The van der Waals surface area contributed by atoms with E-state index in [2.05, 4.69) is 0 Å². The van der Waals surface area contributed by atoms with Gasteiger partial charge >= 0.3 is 0 Å². The van der Waals surface area contributed by atoms with Crippen molar-refractivity contribution in [3.05, 3.63) is 79.9 Å². The van der Waals surface area contributed by atoms with Crippen LogP contribution in [0.5, 0.6) is 0 Å². The van der Waals surface area contributed by atoms with E-state index in [1.807, 2.05) is 0 Å². The molecular formula is C20H20N4O6. The van der Waals surface area contributed by atoms with Gasteiger partial charge in [0.1, 0.15) is 0 Å². The third kappa shape index (κ3) is 5.16. The van der Waals surface area contributed by atoms with Crippen molar-refractivity contribution in [3.8, 4) is 0 Å². The van der Waals surface area contributed by atoms with E-state index in [-0.39, 0.29) is 36.0 Å². The SMILES string of the molecule is O=C(Cc1ccc([N+](=O)[O-])cc1)N1CCN(C(=O)Cc2ccc([N+](=O)[O-])cc2)CC1. The molecule has 0 saturated carbocycles.